The molecule has 0 atom stereocenters. The zero-order chi connectivity index (χ0) is 26.1. The van der Waals surface area contributed by atoms with Crippen molar-refractivity contribution in [3.8, 4) is 40.6 Å². The van der Waals surface area contributed by atoms with E-state index in [1.54, 1.807) is 74.9 Å². The second-order valence-corrected chi connectivity index (χ2v) is 7.49. The number of benzene rings is 3. The van der Waals surface area contributed by atoms with E-state index in [4.69, 9.17) is 28.4 Å². The Morgan fingerprint density at radius 1 is 0.722 bits per heavy atom. The summed E-state index contributed by atoms with van der Waals surface area (Å²) in [7, 11) is 7.64. The number of nitriles is 1. The summed E-state index contributed by atoms with van der Waals surface area (Å²) in [4.78, 5) is 12.6. The molecule has 0 aromatic heterocycles. The standard InChI is InChI=1S/C28H27NO7/c1-31-22-9-6-19(14-25(22)33-3)15-28(30)36-24-10-7-18(13-26(24)34-4)12-21(17-29)20-8-11-23(32-2)27(16-20)35-5/h6-14,16H,15H2,1-5H3/b21-12-. The Bertz CT molecular complexity index is 1310. The zero-order valence-corrected chi connectivity index (χ0v) is 20.8. The van der Waals surface area contributed by atoms with Gasteiger partial charge in [-0.25, -0.2) is 0 Å². The zero-order valence-electron chi connectivity index (χ0n) is 20.8. The first-order chi connectivity index (χ1) is 17.5. The molecule has 3 aromatic rings. The summed E-state index contributed by atoms with van der Waals surface area (Å²) in [5.41, 5.74) is 2.48. The summed E-state index contributed by atoms with van der Waals surface area (Å²) >= 11 is 0. The number of esters is 1. The molecular formula is C28H27NO7. The lowest BCUT2D eigenvalue weighted by Gasteiger charge is -2.12. The molecule has 0 bridgehead atoms. The minimum atomic E-state index is -0.466. The van der Waals surface area contributed by atoms with Gasteiger partial charge in [0.1, 0.15) is 0 Å². The first kappa shape index (κ1) is 26.0. The molecule has 0 aliphatic carbocycles. The molecular weight excluding hydrogens is 462 g/mol. The summed E-state index contributed by atoms with van der Waals surface area (Å²) in [6, 6.07) is 17.7. The van der Waals surface area contributed by atoms with Gasteiger partial charge in [0.15, 0.2) is 34.5 Å². The van der Waals surface area contributed by atoms with Crippen LogP contribution in [0.1, 0.15) is 16.7 Å². The van der Waals surface area contributed by atoms with Gasteiger partial charge in [0.2, 0.25) is 0 Å². The van der Waals surface area contributed by atoms with Crippen LogP contribution in [-0.2, 0) is 11.2 Å². The van der Waals surface area contributed by atoms with Crippen LogP contribution in [0.25, 0.3) is 11.6 Å². The lowest BCUT2D eigenvalue weighted by atomic mass is 10.0. The predicted octanol–water partition coefficient (Wildman–Crippen LogP) is 4.94. The maximum absolute atomic E-state index is 12.6. The highest BCUT2D eigenvalue weighted by Crippen LogP contribution is 2.33. The van der Waals surface area contributed by atoms with Crippen molar-refractivity contribution < 1.29 is 33.2 Å². The second-order valence-electron chi connectivity index (χ2n) is 7.49. The molecule has 0 saturated heterocycles. The monoisotopic (exact) mass is 489 g/mol. The van der Waals surface area contributed by atoms with Crippen molar-refractivity contribution in [2.45, 2.75) is 6.42 Å². The van der Waals surface area contributed by atoms with E-state index >= 15 is 0 Å². The summed E-state index contributed by atoms with van der Waals surface area (Å²) < 4.78 is 32.1. The van der Waals surface area contributed by atoms with Crippen LogP contribution in [-0.4, -0.2) is 41.5 Å². The number of nitrogens with zero attached hydrogens (tertiary/aromatic N) is 1. The highest BCUT2D eigenvalue weighted by Gasteiger charge is 2.14. The lowest BCUT2D eigenvalue weighted by molar-refractivity contribution is -0.133. The summed E-state index contributed by atoms with van der Waals surface area (Å²) in [6.07, 6.45) is 1.74. The molecule has 0 radical (unpaired) electrons. The van der Waals surface area contributed by atoms with Crippen molar-refractivity contribution in [3.05, 3.63) is 71.3 Å². The van der Waals surface area contributed by atoms with Crippen molar-refractivity contribution in [2.75, 3.05) is 35.5 Å². The number of rotatable bonds is 10. The minimum Gasteiger partial charge on any atom is -0.493 e. The van der Waals surface area contributed by atoms with Gasteiger partial charge in [-0.1, -0.05) is 12.1 Å². The molecule has 0 spiro atoms. The van der Waals surface area contributed by atoms with Gasteiger partial charge in [0.05, 0.1) is 53.6 Å². The number of carbonyl (C=O) groups is 1. The van der Waals surface area contributed by atoms with E-state index in [0.717, 1.165) is 0 Å². The highest BCUT2D eigenvalue weighted by atomic mass is 16.6. The second kappa shape index (κ2) is 12.2. The fourth-order valence-electron chi connectivity index (χ4n) is 3.52. The van der Waals surface area contributed by atoms with Crippen LogP contribution in [0.5, 0.6) is 34.5 Å². The van der Waals surface area contributed by atoms with Crippen molar-refractivity contribution in [3.63, 3.8) is 0 Å². The lowest BCUT2D eigenvalue weighted by Crippen LogP contribution is -2.12. The van der Waals surface area contributed by atoms with Crippen molar-refractivity contribution in [1.29, 1.82) is 5.26 Å². The molecule has 8 heteroatoms. The fraction of sp³-hybridized carbons (Fsp3) is 0.214. The Morgan fingerprint density at radius 2 is 1.28 bits per heavy atom. The molecule has 0 N–H and O–H groups in total. The number of allylic oxidation sites excluding steroid dienone is 1. The van der Waals surface area contributed by atoms with Gasteiger partial charge >= 0.3 is 5.97 Å². The predicted molar refractivity (Wildman–Crippen MR) is 135 cm³/mol. The van der Waals surface area contributed by atoms with E-state index in [1.807, 2.05) is 0 Å². The average molecular weight is 490 g/mol. The maximum Gasteiger partial charge on any atom is 0.315 e. The van der Waals surface area contributed by atoms with E-state index in [-0.39, 0.29) is 12.2 Å². The molecule has 0 heterocycles. The third-order valence-corrected chi connectivity index (χ3v) is 5.33. The number of carbonyl (C=O) groups excluding carboxylic acids is 1. The SMILES string of the molecule is COc1ccc(CC(=O)Oc2ccc(/C=C(/C#N)c3ccc(OC)c(OC)c3)cc2OC)cc1OC. The van der Waals surface area contributed by atoms with Gasteiger partial charge in [0.25, 0.3) is 0 Å². The molecule has 3 rings (SSSR count). The van der Waals surface area contributed by atoms with Gasteiger partial charge < -0.3 is 28.4 Å². The van der Waals surface area contributed by atoms with E-state index in [1.165, 1.54) is 21.3 Å². The largest absolute Gasteiger partial charge is 0.493 e. The van der Waals surface area contributed by atoms with E-state index in [0.29, 0.717) is 51.0 Å². The van der Waals surface area contributed by atoms with Gasteiger partial charge in [0, 0.05) is 0 Å². The van der Waals surface area contributed by atoms with Crippen LogP contribution in [0.3, 0.4) is 0 Å². The van der Waals surface area contributed by atoms with Crippen LogP contribution >= 0.6 is 0 Å². The number of ether oxygens (including phenoxy) is 6. The van der Waals surface area contributed by atoms with Crippen LogP contribution in [0.15, 0.2) is 54.6 Å². The van der Waals surface area contributed by atoms with E-state index < -0.39 is 5.97 Å². The van der Waals surface area contributed by atoms with Crippen LogP contribution in [0.2, 0.25) is 0 Å². The smallest absolute Gasteiger partial charge is 0.315 e. The van der Waals surface area contributed by atoms with Crippen LogP contribution in [0.4, 0.5) is 0 Å². The Balaban J connectivity index is 1.80. The molecule has 8 nitrogen and oxygen atoms in total. The van der Waals surface area contributed by atoms with Crippen molar-refractivity contribution in [2.24, 2.45) is 0 Å². The molecule has 0 aliphatic heterocycles. The first-order valence-electron chi connectivity index (χ1n) is 10.9. The summed E-state index contributed by atoms with van der Waals surface area (Å²) in [6.45, 7) is 0. The average Bonchev–Trinajstić information content (AvgIpc) is 2.91. The van der Waals surface area contributed by atoms with Gasteiger partial charge in [-0.05, 0) is 65.2 Å². The topological polar surface area (TPSA) is 96.2 Å². The fourth-order valence-corrected chi connectivity index (χ4v) is 3.52. The number of hydrogen-bond donors (Lipinski definition) is 0. The molecule has 0 unspecified atom stereocenters. The molecule has 186 valence electrons. The summed E-state index contributed by atoms with van der Waals surface area (Å²) in [5.74, 6) is 2.35. The van der Waals surface area contributed by atoms with Crippen LogP contribution < -0.4 is 28.4 Å². The summed E-state index contributed by atoms with van der Waals surface area (Å²) in [5, 5.41) is 9.73. The van der Waals surface area contributed by atoms with Gasteiger partial charge in [-0.2, -0.15) is 5.26 Å². The van der Waals surface area contributed by atoms with Crippen molar-refractivity contribution >= 4 is 17.6 Å². The highest BCUT2D eigenvalue weighted by molar-refractivity contribution is 5.90. The molecule has 36 heavy (non-hydrogen) atoms. The minimum absolute atomic E-state index is 0.0308. The van der Waals surface area contributed by atoms with Crippen LogP contribution in [0, 0.1) is 11.3 Å². The Hall–Kier alpha value is -4.64. The quantitative estimate of drug-likeness (QED) is 0.171. The Morgan fingerprint density at radius 3 is 1.89 bits per heavy atom. The molecule has 0 amide bonds. The third-order valence-electron chi connectivity index (χ3n) is 5.33. The molecule has 0 saturated carbocycles. The molecule has 0 fully saturated rings. The molecule has 0 aliphatic rings. The number of hydrogen-bond acceptors (Lipinski definition) is 8. The maximum atomic E-state index is 12.6. The normalized spacial score (nSPS) is 10.7. The Kier molecular flexibility index (Phi) is 8.79. The van der Waals surface area contributed by atoms with E-state index in [9.17, 15) is 10.1 Å². The molecule has 3 aromatic carbocycles. The number of methoxy groups -OCH3 is 5. The van der Waals surface area contributed by atoms with E-state index in [2.05, 4.69) is 6.07 Å². The van der Waals surface area contributed by atoms with Crippen molar-refractivity contribution in [1.82, 2.24) is 0 Å². The van der Waals surface area contributed by atoms with Gasteiger partial charge in [-0.15, -0.1) is 0 Å². The Labute approximate surface area is 210 Å². The third kappa shape index (κ3) is 6.07. The van der Waals surface area contributed by atoms with Gasteiger partial charge in [-0.3, -0.25) is 4.79 Å². The first-order valence-corrected chi connectivity index (χ1v) is 10.9.